The predicted octanol–water partition coefficient (Wildman–Crippen LogP) is 2.29. The Morgan fingerprint density at radius 3 is 2.30 bits per heavy atom. The Morgan fingerprint density at radius 2 is 1.85 bits per heavy atom. The Labute approximate surface area is 117 Å². The monoisotopic (exact) mass is 271 g/mol. The van der Waals surface area contributed by atoms with E-state index in [1.807, 2.05) is 26.0 Å². The van der Waals surface area contributed by atoms with Gasteiger partial charge in [0.25, 0.3) is 0 Å². The van der Waals surface area contributed by atoms with Crippen LogP contribution in [-0.4, -0.2) is 26.0 Å². The van der Waals surface area contributed by atoms with E-state index < -0.39 is 5.97 Å². The number of pyridine rings is 1. The van der Waals surface area contributed by atoms with Gasteiger partial charge in [0, 0.05) is 34.9 Å². The van der Waals surface area contributed by atoms with Crippen LogP contribution in [0.4, 0.5) is 0 Å². The molecule has 20 heavy (non-hydrogen) atoms. The zero-order valence-electron chi connectivity index (χ0n) is 11.6. The minimum atomic E-state index is -0.855. The Balaban J connectivity index is 2.55. The summed E-state index contributed by atoms with van der Waals surface area (Å²) in [7, 11) is 0. The van der Waals surface area contributed by atoms with Crippen LogP contribution in [0.5, 0.6) is 0 Å². The van der Waals surface area contributed by atoms with Crippen molar-refractivity contribution in [3.63, 3.8) is 0 Å². The number of hydrogen-bond donors (Lipinski definition) is 1. The summed E-state index contributed by atoms with van der Waals surface area (Å²) in [5.41, 5.74) is 3.20. The smallest absolute Gasteiger partial charge is 0.307 e. The molecular weight excluding hydrogens is 254 g/mol. The second-order valence-electron chi connectivity index (χ2n) is 4.44. The molecule has 0 fully saturated rings. The van der Waals surface area contributed by atoms with E-state index in [1.54, 1.807) is 12.4 Å². The molecule has 0 bridgehead atoms. The third-order valence-corrected chi connectivity index (χ3v) is 3.10. The van der Waals surface area contributed by atoms with Crippen molar-refractivity contribution >= 4 is 5.97 Å². The van der Waals surface area contributed by atoms with Gasteiger partial charge in [0.15, 0.2) is 5.82 Å². The summed E-state index contributed by atoms with van der Waals surface area (Å²) in [5.74, 6) is -0.243. The summed E-state index contributed by atoms with van der Waals surface area (Å²) in [6, 6.07) is 3.74. The van der Waals surface area contributed by atoms with Crippen molar-refractivity contribution < 1.29 is 9.90 Å². The highest BCUT2D eigenvalue weighted by molar-refractivity contribution is 5.71. The topological polar surface area (TPSA) is 76.0 Å². The molecule has 0 saturated carbocycles. The molecule has 0 aliphatic carbocycles. The second-order valence-corrected chi connectivity index (χ2v) is 4.44. The minimum Gasteiger partial charge on any atom is -0.481 e. The molecule has 0 spiro atoms. The molecule has 0 saturated heterocycles. The Morgan fingerprint density at radius 1 is 1.20 bits per heavy atom. The highest BCUT2D eigenvalue weighted by atomic mass is 16.4. The maximum atomic E-state index is 11.0. The maximum absolute atomic E-state index is 11.0. The van der Waals surface area contributed by atoms with Crippen molar-refractivity contribution in [1.29, 1.82) is 0 Å². The quantitative estimate of drug-likeness (QED) is 0.903. The van der Waals surface area contributed by atoms with Gasteiger partial charge in [-0.3, -0.25) is 9.78 Å². The zero-order chi connectivity index (χ0) is 14.5. The van der Waals surface area contributed by atoms with Crippen LogP contribution in [0.1, 0.15) is 30.8 Å². The van der Waals surface area contributed by atoms with Crippen LogP contribution >= 0.6 is 0 Å². The zero-order valence-corrected chi connectivity index (χ0v) is 11.6. The van der Waals surface area contributed by atoms with E-state index in [0.717, 1.165) is 22.5 Å². The van der Waals surface area contributed by atoms with Gasteiger partial charge in [-0.1, -0.05) is 13.8 Å². The van der Waals surface area contributed by atoms with E-state index >= 15 is 0 Å². The fourth-order valence-electron chi connectivity index (χ4n) is 2.15. The van der Waals surface area contributed by atoms with Crippen LogP contribution in [0, 0.1) is 0 Å². The molecule has 0 radical (unpaired) electrons. The first-order valence-corrected chi connectivity index (χ1v) is 6.66. The number of aromatic nitrogens is 3. The van der Waals surface area contributed by atoms with Crippen LogP contribution in [0.2, 0.25) is 0 Å². The number of aryl methyl sites for hydroxylation is 2. The van der Waals surface area contributed by atoms with Crippen molar-refractivity contribution in [2.45, 2.75) is 33.1 Å². The van der Waals surface area contributed by atoms with E-state index in [-0.39, 0.29) is 6.42 Å². The van der Waals surface area contributed by atoms with Crippen LogP contribution in [0.15, 0.2) is 24.5 Å². The number of rotatable bonds is 5. The molecular formula is C15H17N3O2. The second kappa shape index (κ2) is 6.23. The number of nitrogens with zero attached hydrogens (tertiary/aromatic N) is 3. The summed E-state index contributed by atoms with van der Waals surface area (Å²) in [6.07, 6.45) is 4.76. The van der Waals surface area contributed by atoms with Crippen LogP contribution in [0.25, 0.3) is 11.4 Å². The van der Waals surface area contributed by atoms with Gasteiger partial charge in [-0.05, 0) is 25.0 Å². The molecule has 0 amide bonds. The van der Waals surface area contributed by atoms with Crippen molar-refractivity contribution in [2.24, 2.45) is 0 Å². The molecule has 2 aromatic rings. The van der Waals surface area contributed by atoms with Crippen molar-refractivity contribution in [3.05, 3.63) is 41.5 Å². The summed E-state index contributed by atoms with van der Waals surface area (Å²) in [4.78, 5) is 24.1. The van der Waals surface area contributed by atoms with E-state index in [0.29, 0.717) is 18.7 Å². The third-order valence-electron chi connectivity index (χ3n) is 3.10. The lowest BCUT2D eigenvalue weighted by Crippen LogP contribution is -2.11. The molecule has 2 aromatic heterocycles. The first-order valence-electron chi connectivity index (χ1n) is 6.66. The molecule has 0 unspecified atom stereocenters. The van der Waals surface area contributed by atoms with Crippen LogP contribution < -0.4 is 0 Å². The van der Waals surface area contributed by atoms with Gasteiger partial charge < -0.3 is 5.11 Å². The SMILES string of the molecule is CCc1nc(-c2cccnc2)nc(CC)c1CC(=O)O. The maximum Gasteiger partial charge on any atom is 0.307 e. The normalized spacial score (nSPS) is 10.5. The molecule has 2 rings (SSSR count). The molecule has 0 aliphatic rings. The van der Waals surface area contributed by atoms with Gasteiger partial charge in [0.2, 0.25) is 0 Å². The molecule has 2 heterocycles. The lowest BCUT2D eigenvalue weighted by Gasteiger charge is -2.12. The van der Waals surface area contributed by atoms with Gasteiger partial charge in [-0.25, -0.2) is 9.97 Å². The minimum absolute atomic E-state index is 0.0281. The number of aliphatic carboxylic acids is 1. The number of hydrogen-bond acceptors (Lipinski definition) is 4. The number of carboxylic acids is 1. The average Bonchev–Trinajstić information content (AvgIpc) is 2.47. The number of carbonyl (C=O) groups is 1. The van der Waals surface area contributed by atoms with Gasteiger partial charge in [-0.15, -0.1) is 0 Å². The molecule has 0 aromatic carbocycles. The Bertz CT molecular complexity index is 587. The first-order chi connectivity index (χ1) is 9.65. The van der Waals surface area contributed by atoms with Crippen molar-refractivity contribution in [3.8, 4) is 11.4 Å². The summed E-state index contributed by atoms with van der Waals surface area (Å²) < 4.78 is 0. The van der Waals surface area contributed by atoms with Crippen molar-refractivity contribution in [1.82, 2.24) is 15.0 Å². The van der Waals surface area contributed by atoms with Crippen LogP contribution in [-0.2, 0) is 24.1 Å². The first kappa shape index (κ1) is 14.1. The fourth-order valence-corrected chi connectivity index (χ4v) is 2.15. The summed E-state index contributed by atoms with van der Waals surface area (Å²) in [6.45, 7) is 3.94. The third kappa shape index (κ3) is 2.99. The van der Waals surface area contributed by atoms with Gasteiger partial charge >= 0.3 is 5.97 Å². The van der Waals surface area contributed by atoms with E-state index in [1.165, 1.54) is 0 Å². The highest BCUT2D eigenvalue weighted by Crippen LogP contribution is 2.20. The average molecular weight is 271 g/mol. The lowest BCUT2D eigenvalue weighted by atomic mass is 10.0. The summed E-state index contributed by atoms with van der Waals surface area (Å²) >= 11 is 0. The molecule has 0 atom stereocenters. The molecule has 5 heteroatoms. The van der Waals surface area contributed by atoms with Gasteiger partial charge in [0.1, 0.15) is 0 Å². The van der Waals surface area contributed by atoms with Gasteiger partial charge in [0.05, 0.1) is 6.42 Å². The van der Waals surface area contributed by atoms with E-state index in [4.69, 9.17) is 5.11 Å². The Kier molecular flexibility index (Phi) is 4.40. The van der Waals surface area contributed by atoms with E-state index in [2.05, 4.69) is 15.0 Å². The lowest BCUT2D eigenvalue weighted by molar-refractivity contribution is -0.136. The van der Waals surface area contributed by atoms with Crippen LogP contribution in [0.3, 0.4) is 0 Å². The molecule has 5 nitrogen and oxygen atoms in total. The predicted molar refractivity (Wildman–Crippen MR) is 75.4 cm³/mol. The van der Waals surface area contributed by atoms with Crippen molar-refractivity contribution in [2.75, 3.05) is 0 Å². The van der Waals surface area contributed by atoms with Gasteiger partial charge in [-0.2, -0.15) is 0 Å². The Hall–Kier alpha value is -2.30. The molecule has 1 N–H and O–H groups in total. The standard InChI is InChI=1S/C15H17N3O2/c1-3-12-11(8-14(19)20)13(4-2)18-15(17-12)10-6-5-7-16-9-10/h5-7,9H,3-4,8H2,1-2H3,(H,19,20). The fraction of sp³-hybridized carbons (Fsp3) is 0.333. The highest BCUT2D eigenvalue weighted by Gasteiger charge is 2.15. The van der Waals surface area contributed by atoms with E-state index in [9.17, 15) is 4.79 Å². The summed E-state index contributed by atoms with van der Waals surface area (Å²) in [5, 5.41) is 9.03. The molecule has 0 aliphatic heterocycles. The molecule has 104 valence electrons. The number of carboxylic acid groups (broad SMARTS) is 1. The largest absolute Gasteiger partial charge is 0.481 e.